The first kappa shape index (κ1) is 28.9. The van der Waals surface area contributed by atoms with Crippen LogP contribution in [0.4, 0.5) is 8.78 Å². The molecule has 2 aromatic heterocycles. The third kappa shape index (κ3) is 7.01. The number of nitrogens with one attached hydrogen (secondary N) is 1. The van der Waals surface area contributed by atoms with Crippen molar-refractivity contribution >= 4 is 17.7 Å². The number of hydrogen-bond donors (Lipinski definition) is 1. The molecule has 5 rings (SSSR count). The number of halogens is 2. The molecule has 1 atom stereocenters. The highest BCUT2D eigenvalue weighted by atomic mass is 32.2. The SMILES string of the molecule is CC(c1cn[nH]c1)c1cn(CC(=O)N(C)Cc2ccc(-c3ccc(F)cc3)cc2)c(SCc2ccc(F)cc2)nc1=O. The number of carbonyl (C=O) groups is 1. The molecular weight excluding hydrogens is 556 g/mol. The Morgan fingerprint density at radius 1 is 0.952 bits per heavy atom. The predicted octanol–water partition coefficient (Wildman–Crippen LogP) is 6.01. The Morgan fingerprint density at radius 3 is 2.17 bits per heavy atom. The maximum absolute atomic E-state index is 13.4. The van der Waals surface area contributed by atoms with Crippen LogP contribution in [0.25, 0.3) is 11.1 Å². The average molecular weight is 586 g/mol. The Morgan fingerprint density at radius 2 is 1.55 bits per heavy atom. The van der Waals surface area contributed by atoms with Gasteiger partial charge in [0.15, 0.2) is 5.16 Å². The van der Waals surface area contributed by atoms with Crippen molar-refractivity contribution in [3.05, 3.63) is 136 Å². The van der Waals surface area contributed by atoms with E-state index >= 15 is 0 Å². The number of aromatic nitrogens is 4. The molecule has 1 N–H and O–H groups in total. The van der Waals surface area contributed by atoms with E-state index in [9.17, 15) is 18.4 Å². The number of hydrogen-bond acceptors (Lipinski definition) is 5. The average Bonchev–Trinajstić information content (AvgIpc) is 3.54. The number of nitrogens with zero attached hydrogens (tertiary/aromatic N) is 4. The van der Waals surface area contributed by atoms with Crippen LogP contribution >= 0.6 is 11.8 Å². The van der Waals surface area contributed by atoms with Crippen LogP contribution in [0.1, 0.15) is 35.1 Å². The van der Waals surface area contributed by atoms with Crippen LogP contribution in [0.3, 0.4) is 0 Å². The first-order valence-corrected chi connectivity index (χ1v) is 14.3. The monoisotopic (exact) mass is 585 g/mol. The van der Waals surface area contributed by atoms with Gasteiger partial charge in [0.2, 0.25) is 5.91 Å². The molecule has 0 saturated heterocycles. The van der Waals surface area contributed by atoms with Gasteiger partial charge < -0.3 is 9.47 Å². The highest BCUT2D eigenvalue weighted by Crippen LogP contribution is 2.25. The van der Waals surface area contributed by atoms with Gasteiger partial charge in [0.25, 0.3) is 5.56 Å². The topological polar surface area (TPSA) is 83.9 Å². The zero-order valence-corrected chi connectivity index (χ0v) is 23.9. The number of H-pyrrole nitrogens is 1. The van der Waals surface area contributed by atoms with Crippen LogP contribution in [0.15, 0.2) is 101 Å². The minimum absolute atomic E-state index is 0.0195. The van der Waals surface area contributed by atoms with Crippen LogP contribution < -0.4 is 5.56 Å². The van der Waals surface area contributed by atoms with Crippen LogP contribution in [0, 0.1) is 11.6 Å². The number of amides is 1. The maximum atomic E-state index is 13.4. The number of rotatable bonds is 10. The van der Waals surface area contributed by atoms with Gasteiger partial charge in [0.05, 0.1) is 6.20 Å². The summed E-state index contributed by atoms with van der Waals surface area (Å²) in [7, 11) is 1.73. The first-order chi connectivity index (χ1) is 20.3. The number of likely N-dealkylation sites (N-methyl/N-ethyl adjacent to an activating group) is 1. The smallest absolute Gasteiger partial charge is 0.277 e. The molecule has 214 valence electrons. The number of carbonyl (C=O) groups excluding carboxylic acids is 1. The number of benzene rings is 3. The van der Waals surface area contributed by atoms with E-state index in [-0.39, 0.29) is 35.6 Å². The molecule has 0 radical (unpaired) electrons. The van der Waals surface area contributed by atoms with E-state index in [4.69, 9.17) is 0 Å². The zero-order valence-electron chi connectivity index (χ0n) is 23.1. The Balaban J connectivity index is 1.34. The van der Waals surface area contributed by atoms with Crippen molar-refractivity contribution < 1.29 is 13.6 Å². The van der Waals surface area contributed by atoms with E-state index in [2.05, 4.69) is 15.2 Å². The molecule has 0 spiro atoms. The van der Waals surface area contributed by atoms with Crippen molar-refractivity contribution in [1.29, 1.82) is 0 Å². The third-order valence-corrected chi connectivity index (χ3v) is 8.10. The Bertz CT molecular complexity index is 1700. The molecule has 0 aliphatic carbocycles. The van der Waals surface area contributed by atoms with Crippen molar-refractivity contribution in [3.8, 4) is 11.1 Å². The Hall–Kier alpha value is -4.57. The molecule has 1 amide bonds. The molecule has 0 aliphatic heterocycles. The van der Waals surface area contributed by atoms with Crippen LogP contribution in [-0.4, -0.2) is 37.6 Å². The highest BCUT2D eigenvalue weighted by Gasteiger charge is 2.20. The molecule has 42 heavy (non-hydrogen) atoms. The molecule has 0 aliphatic rings. The van der Waals surface area contributed by atoms with E-state index in [1.807, 2.05) is 31.2 Å². The lowest BCUT2D eigenvalue weighted by Gasteiger charge is -2.21. The zero-order chi connectivity index (χ0) is 29.6. The largest absolute Gasteiger partial charge is 0.340 e. The van der Waals surface area contributed by atoms with Crippen LogP contribution in [0.5, 0.6) is 0 Å². The summed E-state index contributed by atoms with van der Waals surface area (Å²) in [5.41, 5.74) is 4.58. The van der Waals surface area contributed by atoms with Gasteiger partial charge in [-0.2, -0.15) is 10.1 Å². The lowest BCUT2D eigenvalue weighted by atomic mass is 9.98. The lowest BCUT2D eigenvalue weighted by Crippen LogP contribution is -2.31. The fraction of sp³-hybridized carbons (Fsp3) is 0.188. The summed E-state index contributed by atoms with van der Waals surface area (Å²) < 4.78 is 28.3. The van der Waals surface area contributed by atoms with Gasteiger partial charge in [0.1, 0.15) is 18.2 Å². The molecule has 3 aromatic carbocycles. The van der Waals surface area contributed by atoms with Crippen molar-refractivity contribution in [2.45, 2.75) is 36.8 Å². The standard InChI is InChI=1S/C32H29F2N5O2S/c1-21(26-15-35-36-16-26)29-18-39(32(37-31(29)41)42-20-23-5-11-27(33)12-6-23)19-30(40)38(2)17-22-3-7-24(8-4-22)25-9-13-28(34)14-10-25/h3-16,18,21H,17,19-20H2,1-2H3,(H,35,36). The van der Waals surface area contributed by atoms with E-state index < -0.39 is 0 Å². The van der Waals surface area contributed by atoms with E-state index in [0.717, 1.165) is 27.8 Å². The highest BCUT2D eigenvalue weighted by molar-refractivity contribution is 7.98. The summed E-state index contributed by atoms with van der Waals surface area (Å²) in [6.45, 7) is 2.25. The molecule has 10 heteroatoms. The van der Waals surface area contributed by atoms with Crippen molar-refractivity contribution in [2.24, 2.45) is 0 Å². The minimum atomic E-state index is -0.372. The summed E-state index contributed by atoms with van der Waals surface area (Å²) in [6.07, 6.45) is 5.08. The molecule has 5 aromatic rings. The van der Waals surface area contributed by atoms with Crippen molar-refractivity contribution in [1.82, 2.24) is 24.6 Å². The molecule has 2 heterocycles. The number of aromatic amines is 1. The number of thioether (sulfide) groups is 1. The second-order valence-corrected chi connectivity index (χ2v) is 11.0. The van der Waals surface area contributed by atoms with E-state index in [1.54, 1.807) is 59.4 Å². The van der Waals surface area contributed by atoms with Crippen LogP contribution in [0.2, 0.25) is 0 Å². The summed E-state index contributed by atoms with van der Waals surface area (Å²) in [5, 5.41) is 7.15. The predicted molar refractivity (Wildman–Crippen MR) is 159 cm³/mol. The molecular formula is C32H29F2N5O2S. The summed E-state index contributed by atoms with van der Waals surface area (Å²) in [5.74, 6) is -0.593. The Labute approximate surface area is 246 Å². The van der Waals surface area contributed by atoms with Gasteiger partial charge in [-0.1, -0.05) is 67.2 Å². The quantitative estimate of drug-likeness (QED) is 0.160. The van der Waals surface area contributed by atoms with Gasteiger partial charge in [-0.15, -0.1) is 0 Å². The second-order valence-electron chi connectivity index (χ2n) is 10.0. The molecule has 1 unspecified atom stereocenters. The van der Waals surface area contributed by atoms with Gasteiger partial charge in [-0.05, 0) is 52.1 Å². The van der Waals surface area contributed by atoms with Gasteiger partial charge in [-0.3, -0.25) is 14.7 Å². The first-order valence-electron chi connectivity index (χ1n) is 13.3. The molecule has 0 saturated carbocycles. The van der Waals surface area contributed by atoms with Gasteiger partial charge in [-0.25, -0.2) is 8.78 Å². The van der Waals surface area contributed by atoms with E-state index in [1.165, 1.54) is 36.0 Å². The third-order valence-electron chi connectivity index (χ3n) is 7.03. The fourth-order valence-corrected chi connectivity index (χ4v) is 5.42. The minimum Gasteiger partial charge on any atom is -0.340 e. The maximum Gasteiger partial charge on any atom is 0.277 e. The normalized spacial score (nSPS) is 11.8. The van der Waals surface area contributed by atoms with E-state index in [0.29, 0.717) is 23.0 Å². The van der Waals surface area contributed by atoms with Crippen molar-refractivity contribution in [2.75, 3.05) is 7.05 Å². The summed E-state index contributed by atoms with van der Waals surface area (Å²) in [4.78, 5) is 32.4. The lowest BCUT2D eigenvalue weighted by molar-refractivity contribution is -0.131. The van der Waals surface area contributed by atoms with Gasteiger partial charge >= 0.3 is 0 Å². The van der Waals surface area contributed by atoms with Crippen LogP contribution in [-0.2, 0) is 23.6 Å². The summed E-state index contributed by atoms with van der Waals surface area (Å²) in [6, 6.07) is 20.2. The second kappa shape index (κ2) is 12.9. The Kier molecular flexibility index (Phi) is 8.92. The summed E-state index contributed by atoms with van der Waals surface area (Å²) >= 11 is 1.31. The van der Waals surface area contributed by atoms with Gasteiger partial charge in [0, 0.05) is 43.2 Å². The molecule has 0 bridgehead atoms. The molecule has 7 nitrogen and oxygen atoms in total. The molecule has 0 fully saturated rings. The fourth-order valence-electron chi connectivity index (χ4n) is 4.50. The van der Waals surface area contributed by atoms with Crippen molar-refractivity contribution in [3.63, 3.8) is 0 Å².